The van der Waals surface area contributed by atoms with Crippen LogP contribution in [0.4, 0.5) is 0 Å². The highest BCUT2D eigenvalue weighted by Gasteiger charge is 2.62. The highest BCUT2D eigenvalue weighted by atomic mass is 16.7. The van der Waals surface area contributed by atoms with Crippen LogP contribution in [-0.2, 0) is 23.8 Å². The Morgan fingerprint density at radius 1 is 1.27 bits per heavy atom. The molecule has 0 spiro atoms. The minimum atomic E-state index is -2.29. The quantitative estimate of drug-likeness (QED) is 0.375. The molecule has 0 aromatic carbocycles. The number of Topliss-reactive ketones (excluding diaryl/α,β-unsaturated/α-hetero) is 1. The molecule has 0 amide bonds. The summed E-state index contributed by atoms with van der Waals surface area (Å²) in [6.45, 7) is 13.2. The van der Waals surface area contributed by atoms with Gasteiger partial charge in [-0.2, -0.15) is 0 Å². The van der Waals surface area contributed by atoms with Crippen LogP contribution < -0.4 is 0 Å². The zero-order chi connectivity index (χ0) is 24.8. The molecule has 0 unspecified atom stereocenters. The number of carbonyl (C=O) groups excluding carboxylic acids is 2. The Morgan fingerprint density at radius 3 is 2.58 bits per heavy atom. The van der Waals surface area contributed by atoms with Crippen LogP contribution in [0.25, 0.3) is 0 Å². The van der Waals surface area contributed by atoms with Crippen LogP contribution in [0.1, 0.15) is 74.1 Å². The molecule has 0 aromatic rings. The molecular formula is C26H40O7. The molecule has 7 nitrogen and oxygen atoms in total. The lowest BCUT2D eigenvalue weighted by atomic mass is 9.78. The first-order chi connectivity index (χ1) is 15.2. The van der Waals surface area contributed by atoms with Gasteiger partial charge in [-0.25, -0.2) is 4.79 Å². The average Bonchev–Trinajstić information content (AvgIpc) is 3.17. The zero-order valence-electron chi connectivity index (χ0n) is 21.0. The molecule has 8 atom stereocenters. The number of esters is 1. The van der Waals surface area contributed by atoms with Gasteiger partial charge in [-0.1, -0.05) is 52.3 Å². The monoisotopic (exact) mass is 464 g/mol. The molecule has 2 saturated heterocycles. The third-order valence-electron chi connectivity index (χ3n) is 7.70. The highest BCUT2D eigenvalue weighted by molar-refractivity contribution is 5.87. The predicted molar refractivity (Wildman–Crippen MR) is 123 cm³/mol. The highest BCUT2D eigenvalue weighted by Crippen LogP contribution is 2.48. The van der Waals surface area contributed by atoms with Crippen molar-refractivity contribution in [1.82, 2.24) is 0 Å². The number of rotatable bonds is 3. The molecular weight excluding hydrogens is 424 g/mol. The van der Waals surface area contributed by atoms with Gasteiger partial charge in [0.05, 0.1) is 11.7 Å². The Kier molecular flexibility index (Phi) is 7.31. The molecule has 2 fully saturated rings. The number of ketones is 1. The second-order valence-corrected chi connectivity index (χ2v) is 11.0. The second kappa shape index (κ2) is 9.25. The predicted octanol–water partition coefficient (Wildman–Crippen LogP) is 3.47. The fourth-order valence-corrected chi connectivity index (χ4v) is 5.18. The minimum Gasteiger partial charge on any atom is -0.453 e. The molecule has 2 N–H and O–H groups in total. The van der Waals surface area contributed by atoms with Gasteiger partial charge in [-0.15, -0.1) is 0 Å². The molecule has 7 heteroatoms. The second-order valence-electron chi connectivity index (χ2n) is 11.0. The third kappa shape index (κ3) is 4.97. The van der Waals surface area contributed by atoms with Crippen LogP contribution in [0.15, 0.2) is 23.8 Å². The van der Waals surface area contributed by atoms with Crippen molar-refractivity contribution in [1.29, 1.82) is 0 Å². The Morgan fingerprint density at radius 2 is 1.94 bits per heavy atom. The molecule has 3 heterocycles. The first-order valence-electron chi connectivity index (χ1n) is 12.1. The van der Waals surface area contributed by atoms with Gasteiger partial charge in [0.1, 0.15) is 12.2 Å². The standard InChI is InChI=1S/C26H40O7/c1-8-15(2)13-20(27)31-22-17(4)14-18-21(28)16(3)9-11-24(5,6)19-10-12-25(7,33-19)23(29)26(22,30)32-18/h9,11,13,16-19,22-23,29-30H,8,10,12,14H2,1-7H3/b11-9?,15-13+/t16-,17+,18+,19-,22+,23-,25+,26-/m0/s1. The van der Waals surface area contributed by atoms with Gasteiger partial charge in [-0.05, 0) is 39.5 Å². The van der Waals surface area contributed by atoms with Gasteiger partial charge in [0, 0.05) is 23.3 Å². The van der Waals surface area contributed by atoms with E-state index in [0.29, 0.717) is 19.3 Å². The normalized spacial score (nSPS) is 43.5. The molecule has 0 saturated carbocycles. The smallest absolute Gasteiger partial charge is 0.331 e. The summed E-state index contributed by atoms with van der Waals surface area (Å²) in [4.78, 5) is 25.8. The fourth-order valence-electron chi connectivity index (χ4n) is 5.18. The summed E-state index contributed by atoms with van der Waals surface area (Å²) < 4.78 is 18.0. The van der Waals surface area contributed by atoms with E-state index >= 15 is 0 Å². The Balaban J connectivity index is 2.05. The lowest BCUT2D eigenvalue weighted by Crippen LogP contribution is -2.68. The van der Waals surface area contributed by atoms with Crippen molar-refractivity contribution in [2.24, 2.45) is 17.3 Å². The lowest BCUT2D eigenvalue weighted by Gasteiger charge is -2.51. The van der Waals surface area contributed by atoms with Crippen molar-refractivity contribution >= 4 is 11.8 Å². The molecule has 186 valence electrons. The van der Waals surface area contributed by atoms with Gasteiger partial charge in [0.15, 0.2) is 11.9 Å². The Hall–Kier alpha value is -1.54. The number of allylic oxidation sites excluding steroid dienone is 2. The summed E-state index contributed by atoms with van der Waals surface area (Å²) in [5, 5.41) is 23.3. The molecule has 3 rings (SSSR count). The maximum absolute atomic E-state index is 13.2. The molecule has 4 bridgehead atoms. The van der Waals surface area contributed by atoms with Crippen LogP contribution >= 0.6 is 0 Å². The van der Waals surface area contributed by atoms with Crippen molar-refractivity contribution < 1.29 is 34.0 Å². The molecule has 33 heavy (non-hydrogen) atoms. The van der Waals surface area contributed by atoms with E-state index in [4.69, 9.17) is 14.2 Å². The number of ether oxygens (including phenoxy) is 3. The summed E-state index contributed by atoms with van der Waals surface area (Å²) in [6.07, 6.45) is 3.52. The van der Waals surface area contributed by atoms with Gasteiger partial charge in [-0.3, -0.25) is 4.79 Å². The first kappa shape index (κ1) is 26.1. The van der Waals surface area contributed by atoms with Crippen LogP contribution in [0.2, 0.25) is 0 Å². The average molecular weight is 465 g/mol. The fraction of sp³-hybridized carbons (Fsp3) is 0.769. The summed E-state index contributed by atoms with van der Waals surface area (Å²) in [5.41, 5.74) is -0.675. The van der Waals surface area contributed by atoms with Gasteiger partial charge >= 0.3 is 5.97 Å². The van der Waals surface area contributed by atoms with Crippen molar-refractivity contribution in [2.45, 2.75) is 110 Å². The van der Waals surface area contributed by atoms with E-state index in [1.807, 2.05) is 39.8 Å². The molecule has 3 aliphatic heterocycles. The number of aliphatic hydroxyl groups excluding tert-OH is 1. The SMILES string of the molecule is CC/C(C)=C/C(=O)O[C@@H]1[C@H](C)C[C@H]2O[C@]1(O)[C@@H](O)[C@@]1(C)CC[C@H](O1)C(C)(C)C=C[C@H](C)C2=O. The van der Waals surface area contributed by atoms with Crippen molar-refractivity contribution in [2.75, 3.05) is 0 Å². The molecule has 3 aliphatic rings. The molecule has 0 aromatic heterocycles. The number of fused-ring (bicyclic) bond motifs is 4. The number of carbonyl (C=O) groups is 2. The van der Waals surface area contributed by atoms with Crippen molar-refractivity contribution in [3.8, 4) is 0 Å². The third-order valence-corrected chi connectivity index (χ3v) is 7.70. The van der Waals surface area contributed by atoms with Gasteiger partial charge in [0.25, 0.3) is 0 Å². The number of aliphatic hydroxyl groups is 2. The molecule has 0 radical (unpaired) electrons. The van der Waals surface area contributed by atoms with Gasteiger partial charge in [0.2, 0.25) is 5.79 Å². The van der Waals surface area contributed by atoms with E-state index in [2.05, 4.69) is 0 Å². The van der Waals surface area contributed by atoms with E-state index in [-0.39, 0.29) is 23.7 Å². The summed E-state index contributed by atoms with van der Waals surface area (Å²) in [6, 6.07) is 0. The number of hydrogen-bond acceptors (Lipinski definition) is 7. The van der Waals surface area contributed by atoms with Crippen LogP contribution in [0.3, 0.4) is 0 Å². The van der Waals surface area contributed by atoms with E-state index in [9.17, 15) is 19.8 Å². The van der Waals surface area contributed by atoms with E-state index in [1.165, 1.54) is 6.08 Å². The summed E-state index contributed by atoms with van der Waals surface area (Å²) in [5.74, 6) is -3.95. The maximum Gasteiger partial charge on any atom is 0.331 e. The van der Waals surface area contributed by atoms with Crippen molar-refractivity contribution in [3.05, 3.63) is 23.8 Å². The van der Waals surface area contributed by atoms with E-state index in [0.717, 1.165) is 5.57 Å². The topological polar surface area (TPSA) is 102 Å². The largest absolute Gasteiger partial charge is 0.453 e. The lowest BCUT2D eigenvalue weighted by molar-refractivity contribution is -0.363. The Bertz CT molecular complexity index is 830. The zero-order valence-corrected chi connectivity index (χ0v) is 21.0. The van der Waals surface area contributed by atoms with Crippen molar-refractivity contribution in [3.63, 3.8) is 0 Å². The maximum atomic E-state index is 13.2. The molecule has 0 aliphatic carbocycles. The first-order valence-corrected chi connectivity index (χ1v) is 12.1. The number of hydrogen-bond donors (Lipinski definition) is 2. The summed E-state index contributed by atoms with van der Waals surface area (Å²) >= 11 is 0. The van der Waals surface area contributed by atoms with E-state index in [1.54, 1.807) is 20.8 Å². The van der Waals surface area contributed by atoms with E-state index < -0.39 is 47.5 Å². The van der Waals surface area contributed by atoms with Crippen LogP contribution in [0, 0.1) is 17.3 Å². The van der Waals surface area contributed by atoms with Gasteiger partial charge < -0.3 is 24.4 Å². The Labute approximate surface area is 197 Å². The summed E-state index contributed by atoms with van der Waals surface area (Å²) in [7, 11) is 0. The van der Waals surface area contributed by atoms with Crippen LogP contribution in [0.5, 0.6) is 0 Å². The van der Waals surface area contributed by atoms with Crippen LogP contribution in [-0.4, -0.2) is 57.8 Å². The minimum absolute atomic E-state index is 0.176.